The van der Waals surface area contributed by atoms with Crippen molar-refractivity contribution in [3.63, 3.8) is 0 Å². The van der Waals surface area contributed by atoms with Crippen molar-refractivity contribution in [1.29, 1.82) is 0 Å². The van der Waals surface area contributed by atoms with Crippen LogP contribution in [0.1, 0.15) is 28.8 Å². The van der Waals surface area contributed by atoms with Crippen LogP contribution in [0.5, 0.6) is 0 Å². The molecule has 2 rings (SSSR count). The lowest BCUT2D eigenvalue weighted by Gasteiger charge is -2.31. The van der Waals surface area contributed by atoms with E-state index in [1.54, 1.807) is 4.90 Å². The Bertz CT molecular complexity index is 473. The molecule has 0 N–H and O–H groups in total. The average molecular weight is 266 g/mol. The zero-order chi connectivity index (χ0) is 13.1. The van der Waals surface area contributed by atoms with Crippen LogP contribution in [0.15, 0.2) is 24.3 Å². The number of nitrogens with zero attached hydrogens (tertiary/aromatic N) is 1. The van der Waals surface area contributed by atoms with Gasteiger partial charge in [0.15, 0.2) is 0 Å². The van der Waals surface area contributed by atoms with Crippen LogP contribution in [0.3, 0.4) is 0 Å². The molecule has 1 aliphatic rings. The largest absolute Gasteiger partial charge is 0.338 e. The minimum atomic E-state index is -0.336. The number of rotatable bonds is 2. The third-order valence-electron chi connectivity index (χ3n) is 3.41. The van der Waals surface area contributed by atoms with E-state index >= 15 is 0 Å². The molecule has 1 saturated heterocycles. The predicted octanol–water partition coefficient (Wildman–Crippen LogP) is 2.61. The van der Waals surface area contributed by atoms with Crippen LogP contribution < -0.4 is 0 Å². The topological polar surface area (TPSA) is 37.4 Å². The lowest BCUT2D eigenvalue weighted by atomic mass is 9.98. The van der Waals surface area contributed by atoms with Gasteiger partial charge in [0, 0.05) is 18.7 Å². The molecule has 0 saturated carbocycles. The smallest absolute Gasteiger partial charge is 0.254 e. The van der Waals surface area contributed by atoms with E-state index in [0.29, 0.717) is 18.7 Å². The second kappa shape index (κ2) is 5.53. The van der Waals surface area contributed by atoms with Gasteiger partial charge in [0.05, 0.1) is 5.92 Å². The fraction of sp³-hybridized carbons (Fsp3) is 0.429. The zero-order valence-electron chi connectivity index (χ0n) is 10.4. The van der Waals surface area contributed by atoms with E-state index in [0.717, 1.165) is 18.4 Å². The Morgan fingerprint density at radius 2 is 2.06 bits per heavy atom. The molecule has 0 aliphatic carbocycles. The highest BCUT2D eigenvalue weighted by molar-refractivity contribution is 6.64. The van der Waals surface area contributed by atoms with Gasteiger partial charge in [-0.15, -0.1) is 0 Å². The second-order valence-corrected chi connectivity index (χ2v) is 5.08. The first kappa shape index (κ1) is 13.1. The molecule has 1 aliphatic heterocycles. The number of benzene rings is 1. The highest BCUT2D eigenvalue weighted by Crippen LogP contribution is 2.21. The molecule has 3 nitrogen and oxygen atoms in total. The Kier molecular flexibility index (Phi) is 4.02. The molecular formula is C14H16ClNO2. The van der Waals surface area contributed by atoms with Crippen molar-refractivity contribution in [2.75, 3.05) is 13.1 Å². The number of piperidine rings is 1. The van der Waals surface area contributed by atoms with E-state index in [9.17, 15) is 9.59 Å². The van der Waals surface area contributed by atoms with Crippen LogP contribution in [-0.4, -0.2) is 29.1 Å². The van der Waals surface area contributed by atoms with E-state index in [1.807, 2.05) is 31.2 Å². The maximum Gasteiger partial charge on any atom is 0.254 e. The number of amides is 1. The Balaban J connectivity index is 2.14. The van der Waals surface area contributed by atoms with E-state index in [-0.39, 0.29) is 17.1 Å². The van der Waals surface area contributed by atoms with Crippen LogP contribution in [-0.2, 0) is 4.79 Å². The van der Waals surface area contributed by atoms with Gasteiger partial charge in [0.1, 0.15) is 0 Å². The molecule has 1 heterocycles. The van der Waals surface area contributed by atoms with Crippen molar-refractivity contribution in [3.8, 4) is 0 Å². The maximum atomic E-state index is 12.4. The molecule has 1 amide bonds. The van der Waals surface area contributed by atoms with Crippen molar-refractivity contribution in [2.24, 2.45) is 5.92 Å². The number of likely N-dealkylation sites (tertiary alicyclic amines) is 1. The first-order valence-electron chi connectivity index (χ1n) is 6.14. The molecule has 4 heteroatoms. The summed E-state index contributed by atoms with van der Waals surface area (Å²) in [4.78, 5) is 25.3. The second-order valence-electron chi connectivity index (χ2n) is 4.71. The summed E-state index contributed by atoms with van der Waals surface area (Å²) in [5, 5.41) is -0.336. The molecular weight excluding hydrogens is 250 g/mol. The third kappa shape index (κ3) is 2.72. The summed E-state index contributed by atoms with van der Waals surface area (Å²) >= 11 is 5.53. The molecule has 1 atom stereocenters. The monoisotopic (exact) mass is 265 g/mol. The van der Waals surface area contributed by atoms with Gasteiger partial charge in [0.25, 0.3) is 5.91 Å². The van der Waals surface area contributed by atoms with Gasteiger partial charge in [-0.05, 0) is 43.0 Å². The van der Waals surface area contributed by atoms with Gasteiger partial charge in [-0.2, -0.15) is 0 Å². The highest BCUT2D eigenvalue weighted by Gasteiger charge is 2.28. The molecule has 96 valence electrons. The summed E-state index contributed by atoms with van der Waals surface area (Å²) in [6.07, 6.45) is 1.61. The minimum Gasteiger partial charge on any atom is -0.338 e. The zero-order valence-corrected chi connectivity index (χ0v) is 11.1. The van der Waals surface area contributed by atoms with Crippen molar-refractivity contribution >= 4 is 22.8 Å². The molecule has 0 spiro atoms. The van der Waals surface area contributed by atoms with Gasteiger partial charge < -0.3 is 4.90 Å². The van der Waals surface area contributed by atoms with Gasteiger partial charge in [-0.25, -0.2) is 0 Å². The number of hydrogen-bond donors (Lipinski definition) is 0. The Hall–Kier alpha value is -1.35. The summed E-state index contributed by atoms with van der Waals surface area (Å²) in [7, 11) is 0. The first-order valence-corrected chi connectivity index (χ1v) is 6.51. The molecule has 1 fully saturated rings. The van der Waals surface area contributed by atoms with Gasteiger partial charge in [-0.3, -0.25) is 9.59 Å². The van der Waals surface area contributed by atoms with Gasteiger partial charge in [0.2, 0.25) is 5.24 Å². The van der Waals surface area contributed by atoms with Crippen molar-refractivity contribution < 1.29 is 9.59 Å². The van der Waals surface area contributed by atoms with Crippen molar-refractivity contribution in [3.05, 3.63) is 35.4 Å². The van der Waals surface area contributed by atoms with Crippen LogP contribution in [0, 0.1) is 12.8 Å². The molecule has 1 aromatic carbocycles. The number of carbonyl (C=O) groups is 2. The molecule has 1 aromatic rings. The normalized spacial score (nSPS) is 19.7. The average Bonchev–Trinajstić information content (AvgIpc) is 2.38. The lowest BCUT2D eigenvalue weighted by Crippen LogP contribution is -2.41. The van der Waals surface area contributed by atoms with Crippen LogP contribution in [0.25, 0.3) is 0 Å². The van der Waals surface area contributed by atoms with E-state index in [2.05, 4.69) is 0 Å². The van der Waals surface area contributed by atoms with Gasteiger partial charge >= 0.3 is 0 Å². The molecule has 1 unspecified atom stereocenters. The summed E-state index contributed by atoms with van der Waals surface area (Å²) in [5.41, 5.74) is 1.67. The Morgan fingerprint density at radius 3 is 2.72 bits per heavy atom. The standard InChI is InChI=1S/C14H16ClNO2/c1-10-5-2-3-7-12(10)14(18)16-8-4-6-11(9-16)13(15)17/h2-3,5,7,11H,4,6,8-9H2,1H3. The predicted molar refractivity (Wildman–Crippen MR) is 70.7 cm³/mol. The summed E-state index contributed by atoms with van der Waals surface area (Å²) in [5.74, 6) is -0.218. The molecule has 0 bridgehead atoms. The maximum absolute atomic E-state index is 12.4. The van der Waals surface area contributed by atoms with Crippen molar-refractivity contribution in [1.82, 2.24) is 4.90 Å². The fourth-order valence-electron chi connectivity index (χ4n) is 2.33. The SMILES string of the molecule is Cc1ccccc1C(=O)N1CCCC(C(=O)Cl)C1. The van der Waals surface area contributed by atoms with Crippen LogP contribution in [0.4, 0.5) is 0 Å². The minimum absolute atomic E-state index is 0.00397. The van der Waals surface area contributed by atoms with Crippen molar-refractivity contribution in [2.45, 2.75) is 19.8 Å². The Morgan fingerprint density at radius 1 is 1.33 bits per heavy atom. The lowest BCUT2D eigenvalue weighted by molar-refractivity contribution is -0.116. The number of aryl methyl sites for hydroxylation is 1. The van der Waals surface area contributed by atoms with E-state index in [1.165, 1.54) is 0 Å². The summed E-state index contributed by atoms with van der Waals surface area (Å²) < 4.78 is 0. The third-order valence-corrected chi connectivity index (χ3v) is 3.71. The number of carbonyl (C=O) groups excluding carboxylic acids is 2. The number of hydrogen-bond acceptors (Lipinski definition) is 2. The van der Waals surface area contributed by atoms with Gasteiger partial charge in [-0.1, -0.05) is 18.2 Å². The molecule has 18 heavy (non-hydrogen) atoms. The molecule has 0 aromatic heterocycles. The fourth-order valence-corrected chi connectivity index (χ4v) is 2.51. The quantitative estimate of drug-likeness (QED) is 0.771. The number of halogens is 1. The van der Waals surface area contributed by atoms with Crippen LogP contribution in [0.2, 0.25) is 0 Å². The highest BCUT2D eigenvalue weighted by atomic mass is 35.5. The van der Waals surface area contributed by atoms with Crippen LogP contribution >= 0.6 is 11.6 Å². The summed E-state index contributed by atoms with van der Waals surface area (Å²) in [6, 6.07) is 7.51. The van der Waals surface area contributed by atoms with E-state index < -0.39 is 0 Å². The molecule has 0 radical (unpaired) electrons. The van der Waals surface area contributed by atoms with E-state index in [4.69, 9.17) is 11.6 Å². The summed E-state index contributed by atoms with van der Waals surface area (Å²) in [6.45, 7) is 3.06. The Labute approximate surface area is 112 Å². The first-order chi connectivity index (χ1) is 8.59.